The molecular formula is C15H10ClFN2O2. The maximum absolute atomic E-state index is 13.5. The van der Waals surface area contributed by atoms with E-state index in [9.17, 15) is 9.18 Å². The molecule has 1 N–H and O–H groups in total. The lowest BCUT2D eigenvalue weighted by molar-refractivity contribution is 0.102. The van der Waals surface area contributed by atoms with Crippen LogP contribution in [0, 0.1) is 17.1 Å². The van der Waals surface area contributed by atoms with E-state index < -0.39 is 11.7 Å². The van der Waals surface area contributed by atoms with Crippen LogP contribution in [0.1, 0.15) is 15.9 Å². The molecule has 0 aromatic heterocycles. The lowest BCUT2D eigenvalue weighted by atomic mass is 10.1. The number of hydrogen-bond donors (Lipinski definition) is 1. The van der Waals surface area contributed by atoms with Crippen molar-refractivity contribution in [2.75, 3.05) is 12.4 Å². The number of benzene rings is 2. The van der Waals surface area contributed by atoms with Crippen molar-refractivity contribution >= 4 is 23.2 Å². The van der Waals surface area contributed by atoms with Crippen molar-refractivity contribution in [3.63, 3.8) is 0 Å². The van der Waals surface area contributed by atoms with Crippen LogP contribution >= 0.6 is 11.6 Å². The molecule has 21 heavy (non-hydrogen) atoms. The van der Waals surface area contributed by atoms with Crippen molar-refractivity contribution < 1.29 is 13.9 Å². The Kier molecular flexibility index (Phi) is 4.41. The first-order valence-corrected chi connectivity index (χ1v) is 6.28. The smallest absolute Gasteiger partial charge is 0.259 e. The summed E-state index contributed by atoms with van der Waals surface area (Å²) in [5, 5.41) is 11.8. The molecule has 2 aromatic rings. The Labute approximate surface area is 125 Å². The zero-order valence-electron chi connectivity index (χ0n) is 11.0. The van der Waals surface area contributed by atoms with Gasteiger partial charge in [0, 0.05) is 5.02 Å². The molecule has 0 heterocycles. The van der Waals surface area contributed by atoms with Gasteiger partial charge in [-0.15, -0.1) is 0 Å². The van der Waals surface area contributed by atoms with Gasteiger partial charge in [0.15, 0.2) is 0 Å². The molecule has 2 aromatic carbocycles. The zero-order chi connectivity index (χ0) is 15.4. The third-order valence-electron chi connectivity index (χ3n) is 2.78. The van der Waals surface area contributed by atoms with Crippen molar-refractivity contribution in [2.45, 2.75) is 0 Å². The predicted octanol–water partition coefficient (Wildman–Crippen LogP) is 3.61. The summed E-state index contributed by atoms with van der Waals surface area (Å²) >= 11 is 5.82. The van der Waals surface area contributed by atoms with Crippen molar-refractivity contribution in [3.05, 3.63) is 58.4 Å². The lowest BCUT2D eigenvalue weighted by Gasteiger charge is -2.10. The van der Waals surface area contributed by atoms with Gasteiger partial charge in [0.1, 0.15) is 23.2 Å². The fourth-order valence-corrected chi connectivity index (χ4v) is 1.95. The average Bonchev–Trinajstić information content (AvgIpc) is 2.47. The molecule has 1 amide bonds. The second kappa shape index (κ2) is 6.25. The highest BCUT2D eigenvalue weighted by molar-refractivity contribution is 6.31. The molecular weight excluding hydrogens is 295 g/mol. The van der Waals surface area contributed by atoms with Gasteiger partial charge in [-0.05, 0) is 30.3 Å². The van der Waals surface area contributed by atoms with Crippen LogP contribution in [-0.2, 0) is 0 Å². The Bertz CT molecular complexity index is 741. The van der Waals surface area contributed by atoms with Crippen LogP contribution in [0.25, 0.3) is 0 Å². The third kappa shape index (κ3) is 3.12. The van der Waals surface area contributed by atoms with Crippen LogP contribution in [0.5, 0.6) is 5.75 Å². The molecule has 6 heteroatoms. The highest BCUT2D eigenvalue weighted by Crippen LogP contribution is 2.25. The average molecular weight is 305 g/mol. The van der Waals surface area contributed by atoms with E-state index in [2.05, 4.69) is 5.32 Å². The molecule has 0 aliphatic heterocycles. The minimum absolute atomic E-state index is 0.0968. The number of rotatable bonds is 3. The van der Waals surface area contributed by atoms with Crippen molar-refractivity contribution in [1.29, 1.82) is 5.26 Å². The predicted molar refractivity (Wildman–Crippen MR) is 77.1 cm³/mol. The number of nitriles is 1. The Morgan fingerprint density at radius 1 is 1.38 bits per heavy atom. The first-order valence-electron chi connectivity index (χ1n) is 5.90. The minimum Gasteiger partial charge on any atom is -0.496 e. The maximum Gasteiger partial charge on any atom is 0.259 e. The normalized spacial score (nSPS) is 9.81. The quantitative estimate of drug-likeness (QED) is 0.942. The monoisotopic (exact) mass is 304 g/mol. The van der Waals surface area contributed by atoms with E-state index in [4.69, 9.17) is 21.6 Å². The fourth-order valence-electron chi connectivity index (χ4n) is 1.78. The summed E-state index contributed by atoms with van der Waals surface area (Å²) in [5.74, 6) is -0.932. The molecule has 0 fully saturated rings. The summed E-state index contributed by atoms with van der Waals surface area (Å²) in [6.07, 6.45) is 0. The van der Waals surface area contributed by atoms with Gasteiger partial charge >= 0.3 is 0 Å². The second-order valence-electron chi connectivity index (χ2n) is 4.07. The van der Waals surface area contributed by atoms with Crippen LogP contribution < -0.4 is 10.1 Å². The van der Waals surface area contributed by atoms with Gasteiger partial charge in [-0.2, -0.15) is 5.26 Å². The number of methoxy groups -OCH3 is 1. The summed E-state index contributed by atoms with van der Waals surface area (Å²) in [7, 11) is 1.41. The Morgan fingerprint density at radius 2 is 2.14 bits per heavy atom. The fraction of sp³-hybridized carbons (Fsp3) is 0.0667. The molecule has 0 bridgehead atoms. The first-order chi connectivity index (χ1) is 10.1. The van der Waals surface area contributed by atoms with Crippen molar-refractivity contribution in [2.24, 2.45) is 0 Å². The van der Waals surface area contributed by atoms with E-state index in [0.717, 1.165) is 6.07 Å². The van der Waals surface area contributed by atoms with Crippen molar-refractivity contribution in [3.8, 4) is 11.8 Å². The summed E-state index contributed by atoms with van der Waals surface area (Å²) in [6, 6.07) is 10.2. The number of nitrogens with zero attached hydrogens (tertiary/aromatic N) is 1. The number of hydrogen-bond acceptors (Lipinski definition) is 3. The molecule has 0 spiro atoms. The van der Waals surface area contributed by atoms with Crippen LogP contribution in [0.2, 0.25) is 5.02 Å². The minimum atomic E-state index is -0.696. The Morgan fingerprint density at radius 3 is 2.81 bits per heavy atom. The van der Waals surface area contributed by atoms with E-state index >= 15 is 0 Å². The lowest BCUT2D eigenvalue weighted by Crippen LogP contribution is -2.14. The van der Waals surface area contributed by atoms with Crippen LogP contribution in [-0.4, -0.2) is 13.0 Å². The van der Waals surface area contributed by atoms with Crippen LogP contribution in [0.4, 0.5) is 10.1 Å². The molecule has 0 saturated carbocycles. The number of halogens is 2. The van der Waals surface area contributed by atoms with Gasteiger partial charge in [0.2, 0.25) is 0 Å². The summed E-state index contributed by atoms with van der Waals surface area (Å²) in [5.41, 5.74) is 0.105. The largest absolute Gasteiger partial charge is 0.496 e. The molecule has 0 aliphatic carbocycles. The second-order valence-corrected chi connectivity index (χ2v) is 4.51. The summed E-state index contributed by atoms with van der Waals surface area (Å²) < 4.78 is 18.6. The van der Waals surface area contributed by atoms with E-state index in [1.807, 2.05) is 0 Å². The maximum atomic E-state index is 13.5. The highest BCUT2D eigenvalue weighted by Gasteiger charge is 2.15. The highest BCUT2D eigenvalue weighted by atomic mass is 35.5. The number of anilines is 1. The molecule has 106 valence electrons. The number of nitrogens with one attached hydrogen (secondary N) is 1. The van der Waals surface area contributed by atoms with Gasteiger partial charge in [0.25, 0.3) is 5.91 Å². The van der Waals surface area contributed by atoms with Gasteiger partial charge in [-0.1, -0.05) is 17.7 Å². The van der Waals surface area contributed by atoms with Crippen LogP contribution in [0.15, 0.2) is 36.4 Å². The first kappa shape index (κ1) is 14.8. The molecule has 2 rings (SSSR count). The van der Waals surface area contributed by atoms with E-state index in [0.29, 0.717) is 5.02 Å². The van der Waals surface area contributed by atoms with Gasteiger partial charge < -0.3 is 10.1 Å². The topological polar surface area (TPSA) is 62.1 Å². The molecule has 4 nitrogen and oxygen atoms in total. The Hall–Kier alpha value is -2.58. The van der Waals surface area contributed by atoms with Gasteiger partial charge in [-0.25, -0.2) is 4.39 Å². The SMILES string of the molecule is COc1cc(Cl)ccc1C(=O)Nc1cccc(F)c1C#N. The number of carbonyl (C=O) groups excluding carboxylic acids is 1. The summed E-state index contributed by atoms with van der Waals surface area (Å²) in [4.78, 5) is 12.2. The van der Waals surface area contributed by atoms with Crippen LogP contribution in [0.3, 0.4) is 0 Å². The summed E-state index contributed by atoms with van der Waals surface area (Å²) in [6.45, 7) is 0. The van der Waals surface area contributed by atoms with E-state index in [1.165, 1.54) is 37.4 Å². The van der Waals surface area contributed by atoms with E-state index in [-0.39, 0.29) is 22.6 Å². The Balaban J connectivity index is 2.36. The molecule has 0 saturated heterocycles. The van der Waals surface area contributed by atoms with Crippen molar-refractivity contribution in [1.82, 2.24) is 0 Å². The number of carbonyl (C=O) groups is 1. The van der Waals surface area contributed by atoms with Gasteiger partial charge in [-0.3, -0.25) is 4.79 Å². The number of amides is 1. The van der Waals surface area contributed by atoms with Gasteiger partial charge in [0.05, 0.1) is 18.4 Å². The molecule has 0 unspecified atom stereocenters. The molecule has 0 radical (unpaired) electrons. The molecule has 0 aliphatic rings. The third-order valence-corrected chi connectivity index (χ3v) is 3.02. The van der Waals surface area contributed by atoms with E-state index in [1.54, 1.807) is 6.07 Å². The number of ether oxygens (including phenoxy) is 1. The zero-order valence-corrected chi connectivity index (χ0v) is 11.7. The molecule has 0 atom stereocenters. The standard InChI is InChI=1S/C15H10ClFN2O2/c1-21-14-7-9(16)5-6-10(14)15(20)19-13-4-2-3-12(17)11(13)8-18/h2-7H,1H3,(H,19,20).